The van der Waals surface area contributed by atoms with Gasteiger partial charge in [0.15, 0.2) is 5.75 Å². The van der Waals surface area contributed by atoms with E-state index in [9.17, 15) is 14.9 Å². The molecule has 0 fully saturated rings. The van der Waals surface area contributed by atoms with Gasteiger partial charge in [0, 0.05) is 11.6 Å². The second kappa shape index (κ2) is 5.64. The van der Waals surface area contributed by atoms with Crippen LogP contribution in [-0.4, -0.2) is 22.6 Å². The Balaban J connectivity index is 2.81. The van der Waals surface area contributed by atoms with Crippen molar-refractivity contribution in [1.82, 2.24) is 0 Å². The lowest BCUT2D eigenvalue weighted by atomic mass is 10.2. The number of hydrogen-bond acceptors (Lipinski definition) is 4. The van der Waals surface area contributed by atoms with Crippen molar-refractivity contribution in [2.75, 3.05) is 6.61 Å². The van der Waals surface area contributed by atoms with Crippen molar-refractivity contribution < 1.29 is 19.6 Å². The SMILES string of the molecule is Cc1cccc(OCC=CC(=O)O)c1[N+](=O)[O-]. The largest absolute Gasteiger partial charge is 0.483 e. The number of nitro groups is 1. The summed E-state index contributed by atoms with van der Waals surface area (Å²) < 4.78 is 5.14. The highest BCUT2D eigenvalue weighted by Gasteiger charge is 2.17. The first kappa shape index (κ1) is 12.7. The van der Waals surface area contributed by atoms with E-state index in [1.54, 1.807) is 19.1 Å². The van der Waals surface area contributed by atoms with E-state index in [4.69, 9.17) is 9.84 Å². The van der Waals surface area contributed by atoms with E-state index >= 15 is 0 Å². The fourth-order valence-electron chi connectivity index (χ4n) is 1.27. The summed E-state index contributed by atoms with van der Waals surface area (Å²) in [6.45, 7) is 1.58. The average molecular weight is 237 g/mol. The molecule has 6 nitrogen and oxygen atoms in total. The number of carboxylic acid groups (broad SMARTS) is 1. The standard InChI is InChI=1S/C11H11NO5/c1-8-4-2-5-9(11(8)12(15)16)17-7-3-6-10(13)14/h2-6H,7H2,1H3,(H,13,14). The second-order valence-corrected chi connectivity index (χ2v) is 3.23. The topological polar surface area (TPSA) is 89.7 Å². The minimum atomic E-state index is -1.09. The monoisotopic (exact) mass is 237 g/mol. The molecule has 0 unspecified atom stereocenters. The Bertz CT molecular complexity index is 467. The Morgan fingerprint density at radius 2 is 2.29 bits per heavy atom. The van der Waals surface area contributed by atoms with Crippen LogP contribution >= 0.6 is 0 Å². The lowest BCUT2D eigenvalue weighted by molar-refractivity contribution is -0.386. The molecule has 0 aliphatic heterocycles. The maximum absolute atomic E-state index is 10.8. The molecule has 0 amide bonds. The smallest absolute Gasteiger partial charge is 0.328 e. The molecule has 0 saturated carbocycles. The van der Waals surface area contributed by atoms with Gasteiger partial charge in [-0.3, -0.25) is 10.1 Å². The van der Waals surface area contributed by atoms with Crippen LogP contribution in [0.2, 0.25) is 0 Å². The van der Waals surface area contributed by atoms with Gasteiger partial charge < -0.3 is 9.84 Å². The molecule has 0 atom stereocenters. The Morgan fingerprint density at radius 3 is 2.88 bits per heavy atom. The molecule has 0 bridgehead atoms. The summed E-state index contributed by atoms with van der Waals surface area (Å²) in [4.78, 5) is 20.5. The molecular weight excluding hydrogens is 226 g/mol. The van der Waals surface area contributed by atoms with E-state index in [1.165, 1.54) is 12.1 Å². The third-order valence-electron chi connectivity index (χ3n) is 1.98. The molecule has 0 aromatic heterocycles. The summed E-state index contributed by atoms with van der Waals surface area (Å²) in [6.07, 6.45) is 2.19. The molecule has 1 aromatic carbocycles. The van der Waals surface area contributed by atoms with Crippen molar-refractivity contribution in [2.45, 2.75) is 6.92 Å². The van der Waals surface area contributed by atoms with Crippen molar-refractivity contribution in [3.05, 3.63) is 46.0 Å². The van der Waals surface area contributed by atoms with E-state index in [2.05, 4.69) is 0 Å². The van der Waals surface area contributed by atoms with Crippen molar-refractivity contribution in [3.8, 4) is 5.75 Å². The van der Waals surface area contributed by atoms with Gasteiger partial charge in [0.2, 0.25) is 0 Å². The number of aliphatic carboxylic acids is 1. The molecule has 17 heavy (non-hydrogen) atoms. The number of carboxylic acids is 1. The van der Waals surface area contributed by atoms with Gasteiger partial charge in [0.1, 0.15) is 6.61 Å². The Hall–Kier alpha value is -2.37. The highest BCUT2D eigenvalue weighted by Crippen LogP contribution is 2.29. The molecule has 1 aromatic rings. The van der Waals surface area contributed by atoms with Crippen LogP contribution in [0, 0.1) is 17.0 Å². The van der Waals surface area contributed by atoms with Gasteiger partial charge in [-0.1, -0.05) is 12.1 Å². The number of para-hydroxylation sites is 1. The van der Waals surface area contributed by atoms with Gasteiger partial charge in [0.05, 0.1) is 4.92 Å². The normalized spacial score (nSPS) is 10.4. The predicted octanol–water partition coefficient (Wildman–Crippen LogP) is 1.92. The average Bonchev–Trinajstić information content (AvgIpc) is 2.23. The number of aryl methyl sites for hydroxylation is 1. The maximum atomic E-state index is 10.8. The van der Waals surface area contributed by atoms with E-state index in [0.717, 1.165) is 6.08 Å². The zero-order chi connectivity index (χ0) is 12.8. The zero-order valence-corrected chi connectivity index (χ0v) is 9.12. The lowest BCUT2D eigenvalue weighted by Crippen LogP contribution is -2.00. The van der Waals surface area contributed by atoms with E-state index < -0.39 is 10.9 Å². The number of benzene rings is 1. The summed E-state index contributed by atoms with van der Waals surface area (Å²) in [5.41, 5.74) is 0.394. The third-order valence-corrected chi connectivity index (χ3v) is 1.98. The van der Waals surface area contributed by atoms with Crippen LogP contribution in [0.3, 0.4) is 0 Å². The summed E-state index contributed by atoms with van der Waals surface area (Å²) in [7, 11) is 0. The second-order valence-electron chi connectivity index (χ2n) is 3.23. The highest BCUT2D eigenvalue weighted by molar-refractivity contribution is 5.79. The number of ether oxygens (including phenoxy) is 1. The first-order valence-electron chi connectivity index (χ1n) is 4.78. The van der Waals surface area contributed by atoms with Crippen LogP contribution in [0.1, 0.15) is 5.56 Å². The summed E-state index contributed by atoms with van der Waals surface area (Å²) in [6, 6.07) is 4.72. The molecule has 0 radical (unpaired) electrons. The van der Waals surface area contributed by atoms with Gasteiger partial charge >= 0.3 is 11.7 Å². The number of rotatable bonds is 5. The number of nitrogens with zero attached hydrogens (tertiary/aromatic N) is 1. The molecule has 0 aliphatic carbocycles. The Morgan fingerprint density at radius 1 is 1.59 bits per heavy atom. The van der Waals surface area contributed by atoms with Crippen LogP contribution in [0.25, 0.3) is 0 Å². The highest BCUT2D eigenvalue weighted by atomic mass is 16.6. The minimum absolute atomic E-state index is 0.0312. The van der Waals surface area contributed by atoms with E-state index in [1.807, 2.05) is 0 Å². The number of nitro benzene ring substituents is 1. The minimum Gasteiger partial charge on any atom is -0.483 e. The van der Waals surface area contributed by atoms with Crippen molar-refractivity contribution in [1.29, 1.82) is 0 Å². The van der Waals surface area contributed by atoms with Crippen LogP contribution in [0.5, 0.6) is 5.75 Å². The van der Waals surface area contributed by atoms with Crippen molar-refractivity contribution >= 4 is 11.7 Å². The third kappa shape index (κ3) is 3.60. The molecule has 1 N–H and O–H groups in total. The molecule has 0 spiro atoms. The molecule has 0 heterocycles. The lowest BCUT2D eigenvalue weighted by Gasteiger charge is -2.05. The van der Waals surface area contributed by atoms with Crippen molar-refractivity contribution in [3.63, 3.8) is 0 Å². The van der Waals surface area contributed by atoms with Gasteiger partial charge in [0.25, 0.3) is 0 Å². The Labute approximate surface area is 97.3 Å². The zero-order valence-electron chi connectivity index (χ0n) is 9.12. The maximum Gasteiger partial charge on any atom is 0.328 e. The molecule has 0 saturated heterocycles. The molecule has 6 heteroatoms. The molecule has 0 aliphatic rings. The number of carbonyl (C=O) groups is 1. The molecule has 90 valence electrons. The van der Waals surface area contributed by atoms with Crippen LogP contribution < -0.4 is 4.74 Å². The predicted molar refractivity (Wildman–Crippen MR) is 60.1 cm³/mol. The van der Waals surface area contributed by atoms with Gasteiger partial charge in [-0.2, -0.15) is 0 Å². The molecular formula is C11H11NO5. The summed E-state index contributed by atoms with van der Waals surface area (Å²) in [5, 5.41) is 19.1. The number of hydrogen-bond donors (Lipinski definition) is 1. The van der Waals surface area contributed by atoms with E-state index in [-0.39, 0.29) is 18.0 Å². The fourth-order valence-corrected chi connectivity index (χ4v) is 1.27. The van der Waals surface area contributed by atoms with Crippen LogP contribution in [0.4, 0.5) is 5.69 Å². The first-order valence-corrected chi connectivity index (χ1v) is 4.78. The summed E-state index contributed by atoms with van der Waals surface area (Å²) >= 11 is 0. The Kier molecular flexibility index (Phi) is 4.21. The van der Waals surface area contributed by atoms with Crippen molar-refractivity contribution in [2.24, 2.45) is 0 Å². The molecule has 1 rings (SSSR count). The van der Waals surface area contributed by atoms with Gasteiger partial charge in [-0.05, 0) is 19.1 Å². The van der Waals surface area contributed by atoms with E-state index in [0.29, 0.717) is 5.56 Å². The van der Waals surface area contributed by atoms with Crippen LogP contribution in [-0.2, 0) is 4.79 Å². The summed E-state index contributed by atoms with van der Waals surface area (Å²) in [5.74, 6) is -0.961. The van der Waals surface area contributed by atoms with Gasteiger partial charge in [-0.25, -0.2) is 4.79 Å². The quantitative estimate of drug-likeness (QED) is 0.480. The fraction of sp³-hybridized carbons (Fsp3) is 0.182. The van der Waals surface area contributed by atoms with Crippen LogP contribution in [0.15, 0.2) is 30.4 Å². The van der Waals surface area contributed by atoms with Gasteiger partial charge in [-0.15, -0.1) is 0 Å². The first-order chi connectivity index (χ1) is 8.02.